The van der Waals surface area contributed by atoms with Gasteiger partial charge in [-0.2, -0.15) is 0 Å². The van der Waals surface area contributed by atoms with E-state index in [-0.39, 0.29) is 12.1 Å². The Morgan fingerprint density at radius 2 is 1.62 bits per heavy atom. The second-order valence-corrected chi connectivity index (χ2v) is 5.69. The molecule has 0 heterocycles. The van der Waals surface area contributed by atoms with E-state index < -0.39 is 0 Å². The normalized spacial score (nSPS) is 14.0. The summed E-state index contributed by atoms with van der Waals surface area (Å²) in [6.07, 6.45) is 1.19. The Morgan fingerprint density at radius 1 is 0.952 bits per heavy atom. The predicted octanol–water partition coefficient (Wildman–Crippen LogP) is 4.67. The van der Waals surface area contributed by atoms with E-state index in [0.717, 1.165) is 17.7 Å². The van der Waals surface area contributed by atoms with Crippen molar-refractivity contribution in [3.8, 4) is 5.75 Å². The Kier molecular flexibility index (Phi) is 5.40. The maximum atomic E-state index is 6.53. The van der Waals surface area contributed by atoms with Gasteiger partial charge >= 0.3 is 0 Å². The molecule has 112 valence electrons. The Balaban J connectivity index is 2.23. The van der Waals surface area contributed by atoms with E-state index in [1.807, 2.05) is 32.0 Å². The van der Waals surface area contributed by atoms with Crippen LogP contribution in [-0.2, 0) is 0 Å². The molecule has 0 aliphatic heterocycles. The van der Waals surface area contributed by atoms with Crippen LogP contribution in [0.5, 0.6) is 5.75 Å². The molecule has 0 spiro atoms. The smallest absolute Gasteiger partial charge is 0.120 e. The summed E-state index contributed by atoms with van der Waals surface area (Å²) in [5.41, 5.74) is 8.95. The zero-order valence-electron chi connectivity index (χ0n) is 13.1. The van der Waals surface area contributed by atoms with Crippen LogP contribution in [0.2, 0.25) is 0 Å². The molecule has 0 amide bonds. The Labute approximate surface area is 127 Å². The molecule has 2 atom stereocenters. The fourth-order valence-electron chi connectivity index (χ4n) is 2.70. The van der Waals surface area contributed by atoms with Crippen LogP contribution in [0.25, 0.3) is 0 Å². The van der Waals surface area contributed by atoms with E-state index in [1.165, 1.54) is 5.56 Å². The Bertz CT molecular complexity index is 551. The maximum Gasteiger partial charge on any atom is 0.120 e. The van der Waals surface area contributed by atoms with Gasteiger partial charge in [-0.3, -0.25) is 0 Å². The SMILES string of the molecule is CCC(c1ccccc1)C(N)c1cccc(OC(C)C)c1. The lowest BCUT2D eigenvalue weighted by atomic mass is 9.86. The standard InChI is InChI=1S/C19H25NO/c1-4-18(15-9-6-5-7-10-15)19(20)16-11-8-12-17(13-16)21-14(2)3/h5-14,18-19H,4,20H2,1-3H3. The minimum Gasteiger partial charge on any atom is -0.491 e. The highest BCUT2D eigenvalue weighted by atomic mass is 16.5. The second kappa shape index (κ2) is 7.28. The van der Waals surface area contributed by atoms with Crippen LogP contribution in [-0.4, -0.2) is 6.10 Å². The third-order valence-corrected chi connectivity index (χ3v) is 3.72. The first-order valence-corrected chi connectivity index (χ1v) is 7.69. The van der Waals surface area contributed by atoms with Crippen molar-refractivity contribution in [3.05, 3.63) is 65.7 Å². The van der Waals surface area contributed by atoms with E-state index in [0.29, 0.717) is 5.92 Å². The maximum absolute atomic E-state index is 6.53. The van der Waals surface area contributed by atoms with Crippen LogP contribution in [0.15, 0.2) is 54.6 Å². The summed E-state index contributed by atoms with van der Waals surface area (Å²) in [5.74, 6) is 1.21. The molecule has 0 radical (unpaired) electrons. The summed E-state index contributed by atoms with van der Waals surface area (Å²) >= 11 is 0. The van der Waals surface area contributed by atoms with Crippen LogP contribution in [0, 0.1) is 0 Å². The van der Waals surface area contributed by atoms with Crippen molar-refractivity contribution in [1.82, 2.24) is 0 Å². The van der Waals surface area contributed by atoms with E-state index in [1.54, 1.807) is 0 Å². The predicted molar refractivity (Wildman–Crippen MR) is 88.6 cm³/mol. The van der Waals surface area contributed by atoms with Gasteiger partial charge in [0.2, 0.25) is 0 Å². The van der Waals surface area contributed by atoms with E-state index in [9.17, 15) is 0 Å². The van der Waals surface area contributed by atoms with Crippen molar-refractivity contribution in [3.63, 3.8) is 0 Å². The lowest BCUT2D eigenvalue weighted by molar-refractivity contribution is 0.242. The van der Waals surface area contributed by atoms with E-state index >= 15 is 0 Å². The molecule has 0 aromatic heterocycles. The molecule has 0 fully saturated rings. The topological polar surface area (TPSA) is 35.2 Å². The molecule has 2 aromatic carbocycles. The first-order valence-electron chi connectivity index (χ1n) is 7.69. The van der Waals surface area contributed by atoms with Crippen LogP contribution in [0.3, 0.4) is 0 Å². The fraction of sp³-hybridized carbons (Fsp3) is 0.368. The van der Waals surface area contributed by atoms with Gasteiger partial charge < -0.3 is 10.5 Å². The molecule has 2 aromatic rings. The lowest BCUT2D eigenvalue weighted by Crippen LogP contribution is -2.19. The zero-order chi connectivity index (χ0) is 15.2. The molecule has 0 saturated carbocycles. The van der Waals surface area contributed by atoms with Gasteiger partial charge in [0.05, 0.1) is 6.10 Å². The third kappa shape index (κ3) is 4.08. The molecule has 0 aliphatic carbocycles. The average Bonchev–Trinajstić information content (AvgIpc) is 2.48. The second-order valence-electron chi connectivity index (χ2n) is 5.69. The van der Waals surface area contributed by atoms with E-state index in [4.69, 9.17) is 10.5 Å². The molecule has 2 heteroatoms. The molecule has 2 nitrogen and oxygen atoms in total. The van der Waals surface area contributed by atoms with Crippen LogP contribution < -0.4 is 10.5 Å². The molecule has 21 heavy (non-hydrogen) atoms. The molecular formula is C19H25NO. The molecule has 2 rings (SSSR count). The zero-order valence-corrected chi connectivity index (χ0v) is 13.1. The van der Waals surface area contributed by atoms with Crippen molar-refractivity contribution in [1.29, 1.82) is 0 Å². The average molecular weight is 283 g/mol. The van der Waals surface area contributed by atoms with Crippen LogP contribution in [0.1, 0.15) is 50.3 Å². The number of hydrogen-bond donors (Lipinski definition) is 1. The van der Waals surface area contributed by atoms with Crippen LogP contribution >= 0.6 is 0 Å². The highest BCUT2D eigenvalue weighted by molar-refractivity contribution is 5.33. The van der Waals surface area contributed by atoms with Gasteiger partial charge in [0.15, 0.2) is 0 Å². The van der Waals surface area contributed by atoms with Gasteiger partial charge in [-0.05, 0) is 43.5 Å². The fourth-order valence-corrected chi connectivity index (χ4v) is 2.70. The minimum atomic E-state index is -0.0203. The van der Waals surface area contributed by atoms with Gasteiger partial charge in [-0.15, -0.1) is 0 Å². The minimum absolute atomic E-state index is 0.0203. The molecule has 2 unspecified atom stereocenters. The number of benzene rings is 2. The van der Waals surface area contributed by atoms with Crippen LogP contribution in [0.4, 0.5) is 0 Å². The molecule has 0 saturated heterocycles. The lowest BCUT2D eigenvalue weighted by Gasteiger charge is -2.24. The summed E-state index contributed by atoms with van der Waals surface area (Å²) in [5, 5.41) is 0. The van der Waals surface area contributed by atoms with Crippen molar-refractivity contribution >= 4 is 0 Å². The van der Waals surface area contributed by atoms with Gasteiger partial charge in [0.25, 0.3) is 0 Å². The highest BCUT2D eigenvalue weighted by Gasteiger charge is 2.20. The van der Waals surface area contributed by atoms with Crippen molar-refractivity contribution in [2.24, 2.45) is 5.73 Å². The Hall–Kier alpha value is -1.80. The first-order chi connectivity index (χ1) is 10.1. The van der Waals surface area contributed by atoms with Crippen molar-refractivity contribution in [2.75, 3.05) is 0 Å². The summed E-state index contributed by atoms with van der Waals surface area (Å²) in [7, 11) is 0. The van der Waals surface area contributed by atoms with Gasteiger partial charge in [-0.1, -0.05) is 49.4 Å². The number of ether oxygens (including phenoxy) is 1. The summed E-state index contributed by atoms with van der Waals surface area (Å²) in [6, 6.07) is 18.6. The third-order valence-electron chi connectivity index (χ3n) is 3.72. The Morgan fingerprint density at radius 3 is 2.24 bits per heavy atom. The molecular weight excluding hydrogens is 258 g/mol. The van der Waals surface area contributed by atoms with Gasteiger partial charge in [0.1, 0.15) is 5.75 Å². The number of nitrogens with two attached hydrogens (primary N) is 1. The first kappa shape index (κ1) is 15.6. The monoisotopic (exact) mass is 283 g/mol. The number of rotatable bonds is 6. The number of hydrogen-bond acceptors (Lipinski definition) is 2. The largest absolute Gasteiger partial charge is 0.491 e. The van der Waals surface area contributed by atoms with E-state index in [2.05, 4.69) is 43.3 Å². The molecule has 0 aliphatic rings. The molecule has 0 bridgehead atoms. The van der Waals surface area contributed by atoms with Crippen molar-refractivity contribution in [2.45, 2.75) is 45.3 Å². The highest BCUT2D eigenvalue weighted by Crippen LogP contribution is 2.33. The summed E-state index contributed by atoms with van der Waals surface area (Å²) in [6.45, 7) is 6.25. The summed E-state index contributed by atoms with van der Waals surface area (Å²) < 4.78 is 5.77. The van der Waals surface area contributed by atoms with Crippen molar-refractivity contribution < 1.29 is 4.74 Å². The summed E-state index contributed by atoms with van der Waals surface area (Å²) in [4.78, 5) is 0. The van der Waals surface area contributed by atoms with Gasteiger partial charge in [0, 0.05) is 12.0 Å². The molecule has 2 N–H and O–H groups in total. The quantitative estimate of drug-likeness (QED) is 0.836. The van der Waals surface area contributed by atoms with Gasteiger partial charge in [-0.25, -0.2) is 0 Å².